The van der Waals surface area contributed by atoms with Gasteiger partial charge in [0.15, 0.2) is 0 Å². The van der Waals surface area contributed by atoms with E-state index in [1.807, 2.05) is 22.4 Å². The van der Waals surface area contributed by atoms with Crippen LogP contribution in [-0.2, 0) is 22.7 Å². The monoisotopic (exact) mass is 403 g/mol. The van der Waals surface area contributed by atoms with Crippen LogP contribution in [0, 0.1) is 13.8 Å². The number of rotatable bonds is 8. The summed E-state index contributed by atoms with van der Waals surface area (Å²) in [6.07, 6.45) is 0. The predicted octanol–water partition coefficient (Wildman–Crippen LogP) is 3.02. The van der Waals surface area contributed by atoms with E-state index in [1.165, 1.54) is 11.1 Å². The minimum absolute atomic E-state index is 0.0780. The highest BCUT2D eigenvalue weighted by Crippen LogP contribution is 2.19. The van der Waals surface area contributed by atoms with Gasteiger partial charge in [0.1, 0.15) is 17.4 Å². The van der Waals surface area contributed by atoms with Crippen molar-refractivity contribution in [2.24, 2.45) is 0 Å². The van der Waals surface area contributed by atoms with E-state index in [-0.39, 0.29) is 5.91 Å². The molecule has 2 aromatic rings. The Labute approximate surface area is 171 Å². The lowest BCUT2D eigenvalue weighted by Gasteiger charge is -2.29. The second kappa shape index (κ2) is 10.0. The number of amides is 1. The molecule has 1 saturated heterocycles. The van der Waals surface area contributed by atoms with Gasteiger partial charge in [-0.3, -0.25) is 9.69 Å². The standard InChI is InChI=1S/C21H29N3O3S/c1-16-4-5-20(12-17(16)2)27-14-21-22-19(15-28-21)13-24(18(3)25)7-6-23-8-10-26-11-9-23/h4-5,12,15H,6-11,13-14H2,1-3H3. The summed E-state index contributed by atoms with van der Waals surface area (Å²) in [6, 6.07) is 6.10. The summed E-state index contributed by atoms with van der Waals surface area (Å²) in [5, 5.41) is 2.94. The summed E-state index contributed by atoms with van der Waals surface area (Å²) >= 11 is 1.57. The summed E-state index contributed by atoms with van der Waals surface area (Å²) in [4.78, 5) is 20.9. The summed E-state index contributed by atoms with van der Waals surface area (Å²) < 4.78 is 11.2. The lowest BCUT2D eigenvalue weighted by molar-refractivity contribution is -0.129. The molecule has 28 heavy (non-hydrogen) atoms. The SMILES string of the molecule is CC(=O)N(CCN1CCOCC1)Cc1csc(COc2ccc(C)c(C)c2)n1. The molecule has 152 valence electrons. The van der Waals surface area contributed by atoms with Crippen LogP contribution in [0.25, 0.3) is 0 Å². The molecule has 0 spiro atoms. The molecule has 1 aromatic carbocycles. The lowest BCUT2D eigenvalue weighted by atomic mass is 10.1. The quantitative estimate of drug-likeness (QED) is 0.678. The van der Waals surface area contributed by atoms with Crippen LogP contribution in [0.4, 0.5) is 0 Å². The van der Waals surface area contributed by atoms with Crippen LogP contribution < -0.4 is 4.74 Å². The predicted molar refractivity (Wildman–Crippen MR) is 111 cm³/mol. The second-order valence-electron chi connectivity index (χ2n) is 7.16. The number of carbonyl (C=O) groups is 1. The molecule has 0 saturated carbocycles. The lowest BCUT2D eigenvalue weighted by Crippen LogP contribution is -2.42. The smallest absolute Gasteiger partial charge is 0.219 e. The van der Waals surface area contributed by atoms with E-state index in [9.17, 15) is 4.79 Å². The van der Waals surface area contributed by atoms with Gasteiger partial charge in [-0.05, 0) is 37.1 Å². The van der Waals surface area contributed by atoms with Crippen molar-refractivity contribution in [1.29, 1.82) is 0 Å². The first-order valence-corrected chi connectivity index (χ1v) is 10.6. The second-order valence-corrected chi connectivity index (χ2v) is 8.10. The molecule has 1 aliphatic rings. The number of aryl methyl sites for hydroxylation is 2. The van der Waals surface area contributed by atoms with E-state index in [0.717, 1.165) is 49.3 Å². The van der Waals surface area contributed by atoms with Crippen LogP contribution in [0.5, 0.6) is 5.75 Å². The highest BCUT2D eigenvalue weighted by atomic mass is 32.1. The van der Waals surface area contributed by atoms with Crippen molar-refractivity contribution in [3.8, 4) is 5.75 Å². The largest absolute Gasteiger partial charge is 0.486 e. The minimum Gasteiger partial charge on any atom is -0.486 e. The van der Waals surface area contributed by atoms with E-state index in [0.29, 0.717) is 19.7 Å². The van der Waals surface area contributed by atoms with Gasteiger partial charge in [-0.15, -0.1) is 11.3 Å². The number of benzene rings is 1. The third kappa shape index (κ3) is 6.02. The highest BCUT2D eigenvalue weighted by molar-refractivity contribution is 7.09. The fourth-order valence-corrected chi connectivity index (χ4v) is 3.76. The highest BCUT2D eigenvalue weighted by Gasteiger charge is 2.16. The molecule has 1 fully saturated rings. The number of ether oxygens (including phenoxy) is 2. The Balaban J connectivity index is 1.51. The maximum atomic E-state index is 12.0. The molecule has 7 heteroatoms. The van der Waals surface area contributed by atoms with Gasteiger partial charge in [-0.1, -0.05) is 6.07 Å². The summed E-state index contributed by atoms with van der Waals surface area (Å²) in [5.74, 6) is 0.935. The molecular formula is C21H29N3O3S. The van der Waals surface area contributed by atoms with Crippen molar-refractivity contribution in [1.82, 2.24) is 14.8 Å². The molecule has 0 aliphatic carbocycles. The third-order valence-corrected chi connectivity index (χ3v) is 5.90. The zero-order valence-electron chi connectivity index (χ0n) is 16.9. The molecule has 0 bridgehead atoms. The molecule has 1 amide bonds. The van der Waals surface area contributed by atoms with Gasteiger partial charge in [0, 0.05) is 38.5 Å². The number of hydrogen-bond acceptors (Lipinski definition) is 6. The molecule has 1 aromatic heterocycles. The van der Waals surface area contributed by atoms with Gasteiger partial charge in [0.25, 0.3) is 0 Å². The van der Waals surface area contributed by atoms with Gasteiger partial charge in [0.2, 0.25) is 5.91 Å². The zero-order chi connectivity index (χ0) is 19.9. The Morgan fingerprint density at radius 2 is 2.07 bits per heavy atom. The van der Waals surface area contributed by atoms with Gasteiger partial charge in [-0.2, -0.15) is 0 Å². The number of hydrogen-bond donors (Lipinski definition) is 0. The van der Waals surface area contributed by atoms with E-state index < -0.39 is 0 Å². The van der Waals surface area contributed by atoms with Gasteiger partial charge in [-0.25, -0.2) is 4.98 Å². The molecule has 6 nitrogen and oxygen atoms in total. The summed E-state index contributed by atoms with van der Waals surface area (Å²) in [5.41, 5.74) is 3.39. The molecule has 0 unspecified atom stereocenters. The first kappa shape index (κ1) is 20.8. The van der Waals surface area contributed by atoms with Gasteiger partial charge < -0.3 is 14.4 Å². The average molecular weight is 404 g/mol. The van der Waals surface area contributed by atoms with Crippen molar-refractivity contribution in [2.45, 2.75) is 33.9 Å². The molecule has 0 atom stereocenters. The third-order valence-electron chi connectivity index (χ3n) is 5.03. The van der Waals surface area contributed by atoms with Crippen LogP contribution in [0.3, 0.4) is 0 Å². The van der Waals surface area contributed by atoms with Gasteiger partial charge >= 0.3 is 0 Å². The van der Waals surface area contributed by atoms with E-state index >= 15 is 0 Å². The van der Waals surface area contributed by atoms with E-state index in [2.05, 4.69) is 29.8 Å². The fourth-order valence-electron chi connectivity index (χ4n) is 3.07. The van der Waals surface area contributed by atoms with E-state index in [4.69, 9.17) is 9.47 Å². The first-order valence-electron chi connectivity index (χ1n) is 9.70. The average Bonchev–Trinajstić information content (AvgIpc) is 3.14. The Kier molecular flexibility index (Phi) is 7.42. The fraction of sp³-hybridized carbons (Fsp3) is 0.524. The Bertz CT molecular complexity index is 787. The molecule has 1 aliphatic heterocycles. The number of morpholine rings is 1. The minimum atomic E-state index is 0.0780. The van der Waals surface area contributed by atoms with Gasteiger partial charge in [0.05, 0.1) is 25.5 Å². The van der Waals surface area contributed by atoms with Crippen LogP contribution in [0.15, 0.2) is 23.6 Å². The Morgan fingerprint density at radius 1 is 1.29 bits per heavy atom. The summed E-state index contributed by atoms with van der Waals surface area (Å²) in [6.45, 7) is 11.8. The number of nitrogens with zero attached hydrogens (tertiary/aromatic N) is 3. The molecule has 2 heterocycles. The molecule has 0 radical (unpaired) electrons. The van der Waals surface area contributed by atoms with Crippen LogP contribution >= 0.6 is 11.3 Å². The van der Waals surface area contributed by atoms with Crippen molar-refractivity contribution in [2.75, 3.05) is 39.4 Å². The van der Waals surface area contributed by atoms with Crippen molar-refractivity contribution >= 4 is 17.2 Å². The topological polar surface area (TPSA) is 54.9 Å². The molecule has 0 N–H and O–H groups in total. The number of carbonyl (C=O) groups excluding carboxylic acids is 1. The van der Waals surface area contributed by atoms with Crippen molar-refractivity contribution < 1.29 is 14.3 Å². The zero-order valence-corrected chi connectivity index (χ0v) is 17.8. The maximum absolute atomic E-state index is 12.0. The maximum Gasteiger partial charge on any atom is 0.219 e. The molecular weight excluding hydrogens is 374 g/mol. The first-order chi connectivity index (χ1) is 13.5. The Hall–Kier alpha value is -1.96. The summed E-state index contributed by atoms with van der Waals surface area (Å²) in [7, 11) is 0. The normalized spacial score (nSPS) is 14.8. The number of thiazole rings is 1. The van der Waals surface area contributed by atoms with Crippen molar-refractivity contribution in [3.63, 3.8) is 0 Å². The van der Waals surface area contributed by atoms with Crippen molar-refractivity contribution in [3.05, 3.63) is 45.4 Å². The number of aromatic nitrogens is 1. The van der Waals surface area contributed by atoms with Crippen LogP contribution in [-0.4, -0.2) is 60.1 Å². The van der Waals surface area contributed by atoms with E-state index in [1.54, 1.807) is 18.3 Å². The Morgan fingerprint density at radius 3 is 2.79 bits per heavy atom. The van der Waals surface area contributed by atoms with Crippen LogP contribution in [0.1, 0.15) is 28.8 Å². The molecule has 3 rings (SSSR count). The van der Waals surface area contributed by atoms with Crippen LogP contribution in [0.2, 0.25) is 0 Å².